The smallest absolute Gasteiger partial charge is 0.275 e. The normalized spacial score (nSPS) is 11.1. The molecule has 0 spiro atoms. The van der Waals surface area contributed by atoms with Gasteiger partial charge in [0.2, 0.25) is 0 Å². The summed E-state index contributed by atoms with van der Waals surface area (Å²) in [5.41, 5.74) is 3.68. The fourth-order valence-corrected chi connectivity index (χ4v) is 2.21. The van der Waals surface area contributed by atoms with Gasteiger partial charge in [-0.05, 0) is 26.0 Å². The molecule has 0 saturated heterocycles. The van der Waals surface area contributed by atoms with E-state index in [9.17, 15) is 4.79 Å². The fraction of sp³-hybridized carbons (Fsp3) is 0.143. The molecule has 96 valence electrons. The lowest BCUT2D eigenvalue weighted by Gasteiger charge is -1.99. The largest absolute Gasteiger partial charge is 0.289 e. The van der Waals surface area contributed by atoms with E-state index in [4.69, 9.17) is 11.6 Å². The Morgan fingerprint density at radius 1 is 1.26 bits per heavy atom. The Labute approximate surface area is 114 Å². The number of nitrogens with zero attached hydrogens (tertiary/aromatic N) is 2. The van der Waals surface area contributed by atoms with Gasteiger partial charge >= 0.3 is 0 Å². The summed E-state index contributed by atoms with van der Waals surface area (Å²) in [6.07, 6.45) is 0. The zero-order valence-electron chi connectivity index (χ0n) is 10.6. The maximum Gasteiger partial charge on any atom is 0.275 e. The van der Waals surface area contributed by atoms with E-state index in [0.717, 1.165) is 17.0 Å². The van der Waals surface area contributed by atoms with E-state index in [1.54, 1.807) is 6.92 Å². The highest BCUT2D eigenvalue weighted by atomic mass is 35.5. The van der Waals surface area contributed by atoms with Crippen LogP contribution in [0.15, 0.2) is 35.1 Å². The highest BCUT2D eigenvalue weighted by Crippen LogP contribution is 2.22. The van der Waals surface area contributed by atoms with Crippen LogP contribution in [0.3, 0.4) is 0 Å². The Kier molecular flexibility index (Phi) is 2.68. The van der Waals surface area contributed by atoms with Crippen LogP contribution in [-0.4, -0.2) is 14.6 Å². The van der Waals surface area contributed by atoms with Gasteiger partial charge in [0.1, 0.15) is 0 Å². The lowest BCUT2D eigenvalue weighted by atomic mass is 10.1. The zero-order chi connectivity index (χ0) is 13.6. The lowest BCUT2D eigenvalue weighted by molar-refractivity contribution is 0.876. The molecule has 5 heteroatoms. The first-order chi connectivity index (χ1) is 9.06. The molecule has 0 aliphatic carbocycles. The van der Waals surface area contributed by atoms with Gasteiger partial charge in [-0.2, -0.15) is 0 Å². The van der Waals surface area contributed by atoms with E-state index < -0.39 is 0 Å². The minimum atomic E-state index is -0.0734. The molecule has 0 aliphatic rings. The summed E-state index contributed by atoms with van der Waals surface area (Å²) >= 11 is 5.98. The van der Waals surface area contributed by atoms with Gasteiger partial charge in [-0.1, -0.05) is 23.7 Å². The molecule has 1 N–H and O–H groups in total. The van der Waals surface area contributed by atoms with Gasteiger partial charge in [-0.15, -0.1) is 0 Å². The van der Waals surface area contributed by atoms with Crippen molar-refractivity contribution in [3.05, 3.63) is 57.0 Å². The molecule has 1 aromatic carbocycles. The van der Waals surface area contributed by atoms with Gasteiger partial charge < -0.3 is 0 Å². The standard InChI is InChI=1S/C14H12ClN3O/c1-8-9(2)16-13-7-12(17-18(13)14(8)19)10-4-3-5-11(15)6-10/h3-7,17H,1-2H3. The maximum atomic E-state index is 12.1. The van der Waals surface area contributed by atoms with Crippen LogP contribution in [0.5, 0.6) is 0 Å². The number of hydrogen-bond acceptors (Lipinski definition) is 2. The number of fused-ring (bicyclic) bond motifs is 1. The predicted molar refractivity (Wildman–Crippen MR) is 75.7 cm³/mol. The number of halogens is 1. The minimum absolute atomic E-state index is 0.0734. The van der Waals surface area contributed by atoms with Crippen LogP contribution in [0.4, 0.5) is 0 Å². The molecule has 0 atom stereocenters. The number of aromatic nitrogens is 3. The monoisotopic (exact) mass is 273 g/mol. The molecule has 2 aromatic heterocycles. The van der Waals surface area contributed by atoms with Crippen LogP contribution < -0.4 is 5.56 Å². The molecule has 4 nitrogen and oxygen atoms in total. The summed E-state index contributed by atoms with van der Waals surface area (Å²) < 4.78 is 1.46. The van der Waals surface area contributed by atoms with E-state index in [0.29, 0.717) is 16.2 Å². The quantitative estimate of drug-likeness (QED) is 0.741. The SMILES string of the molecule is Cc1nc2cc(-c3cccc(Cl)c3)[nH]n2c(=O)c1C. The number of benzene rings is 1. The zero-order valence-corrected chi connectivity index (χ0v) is 11.3. The van der Waals surface area contributed by atoms with Gasteiger partial charge in [0, 0.05) is 27.9 Å². The summed E-state index contributed by atoms with van der Waals surface area (Å²) in [7, 11) is 0. The van der Waals surface area contributed by atoms with Gasteiger partial charge in [-0.25, -0.2) is 9.50 Å². The maximum absolute atomic E-state index is 12.1. The number of aryl methyl sites for hydroxylation is 1. The van der Waals surface area contributed by atoms with Crippen molar-refractivity contribution >= 4 is 17.2 Å². The first-order valence-electron chi connectivity index (χ1n) is 5.91. The summed E-state index contributed by atoms with van der Waals surface area (Å²) in [4.78, 5) is 16.5. The highest BCUT2D eigenvalue weighted by Gasteiger charge is 2.09. The Morgan fingerprint density at radius 2 is 2.05 bits per heavy atom. The van der Waals surface area contributed by atoms with Crippen molar-refractivity contribution in [3.8, 4) is 11.3 Å². The second kappa shape index (κ2) is 4.24. The third-order valence-corrected chi connectivity index (χ3v) is 3.45. The van der Waals surface area contributed by atoms with Gasteiger partial charge in [0.25, 0.3) is 5.56 Å². The second-order valence-electron chi connectivity index (χ2n) is 4.50. The molecule has 0 bridgehead atoms. The second-order valence-corrected chi connectivity index (χ2v) is 4.94. The first kappa shape index (κ1) is 12.0. The van der Waals surface area contributed by atoms with Gasteiger partial charge in [0.15, 0.2) is 5.65 Å². The van der Waals surface area contributed by atoms with E-state index in [1.807, 2.05) is 37.3 Å². The van der Waals surface area contributed by atoms with Gasteiger partial charge in [0.05, 0.1) is 5.69 Å². The van der Waals surface area contributed by atoms with Crippen LogP contribution in [0.25, 0.3) is 16.9 Å². The minimum Gasteiger partial charge on any atom is -0.289 e. The number of nitrogens with one attached hydrogen (secondary N) is 1. The molecule has 3 rings (SSSR count). The van der Waals surface area contributed by atoms with E-state index in [-0.39, 0.29) is 5.56 Å². The van der Waals surface area contributed by atoms with Gasteiger partial charge in [-0.3, -0.25) is 9.89 Å². The van der Waals surface area contributed by atoms with Crippen molar-refractivity contribution in [1.82, 2.24) is 14.6 Å². The highest BCUT2D eigenvalue weighted by molar-refractivity contribution is 6.30. The van der Waals surface area contributed by atoms with Crippen LogP contribution in [0, 0.1) is 13.8 Å². The molecule has 0 fully saturated rings. The van der Waals surface area contributed by atoms with Crippen molar-refractivity contribution in [2.24, 2.45) is 0 Å². The molecule has 0 radical (unpaired) electrons. The first-order valence-corrected chi connectivity index (χ1v) is 6.29. The lowest BCUT2D eigenvalue weighted by Crippen LogP contribution is -2.19. The number of aromatic amines is 1. The summed E-state index contributed by atoms with van der Waals surface area (Å²) in [6.45, 7) is 3.61. The van der Waals surface area contributed by atoms with Crippen molar-refractivity contribution in [3.63, 3.8) is 0 Å². The van der Waals surface area contributed by atoms with Crippen molar-refractivity contribution in [2.75, 3.05) is 0 Å². The fourth-order valence-electron chi connectivity index (χ4n) is 2.02. The van der Waals surface area contributed by atoms with Crippen molar-refractivity contribution < 1.29 is 0 Å². The van der Waals surface area contributed by atoms with Crippen LogP contribution in [0.2, 0.25) is 5.02 Å². The third kappa shape index (κ3) is 1.94. The molecular formula is C14H12ClN3O. The Balaban J connectivity index is 2.28. The Bertz CT molecular complexity index is 832. The van der Waals surface area contributed by atoms with Crippen molar-refractivity contribution in [2.45, 2.75) is 13.8 Å². The van der Waals surface area contributed by atoms with Crippen LogP contribution >= 0.6 is 11.6 Å². The van der Waals surface area contributed by atoms with Crippen molar-refractivity contribution in [1.29, 1.82) is 0 Å². The molecule has 2 heterocycles. The average molecular weight is 274 g/mol. The summed E-state index contributed by atoms with van der Waals surface area (Å²) in [5.74, 6) is 0. The molecule has 0 amide bonds. The molecule has 0 unspecified atom stereocenters. The summed E-state index contributed by atoms with van der Waals surface area (Å²) in [5, 5.41) is 3.71. The topological polar surface area (TPSA) is 50.2 Å². The van der Waals surface area contributed by atoms with E-state index in [2.05, 4.69) is 10.1 Å². The summed E-state index contributed by atoms with van der Waals surface area (Å²) in [6, 6.07) is 9.31. The predicted octanol–water partition coefficient (Wildman–Crippen LogP) is 2.96. The Hall–Kier alpha value is -2.07. The van der Waals surface area contributed by atoms with E-state index >= 15 is 0 Å². The third-order valence-electron chi connectivity index (χ3n) is 3.22. The molecule has 0 aliphatic heterocycles. The number of H-pyrrole nitrogens is 1. The number of rotatable bonds is 1. The van der Waals surface area contributed by atoms with Crippen LogP contribution in [0.1, 0.15) is 11.3 Å². The Morgan fingerprint density at radius 3 is 2.79 bits per heavy atom. The molecular weight excluding hydrogens is 262 g/mol. The van der Waals surface area contributed by atoms with Crippen LogP contribution in [-0.2, 0) is 0 Å². The average Bonchev–Trinajstić information content (AvgIpc) is 2.80. The van der Waals surface area contributed by atoms with E-state index in [1.165, 1.54) is 4.52 Å². The number of hydrogen-bond donors (Lipinski definition) is 1. The molecule has 3 aromatic rings. The molecule has 19 heavy (non-hydrogen) atoms. The molecule has 0 saturated carbocycles.